The molecule has 0 saturated carbocycles. The van der Waals surface area contributed by atoms with E-state index < -0.39 is 27.2 Å². The number of benzene rings is 4. The molecule has 0 saturated heterocycles. The Morgan fingerprint density at radius 2 is 1.56 bits per heavy atom. The van der Waals surface area contributed by atoms with Crippen LogP contribution in [0.2, 0.25) is 0 Å². The van der Waals surface area contributed by atoms with Crippen LogP contribution in [0.4, 0.5) is 0 Å². The lowest BCUT2D eigenvalue weighted by atomic mass is 10.0. The Hall–Kier alpha value is -4.56. The minimum atomic E-state index is -4.00. The van der Waals surface area contributed by atoms with Gasteiger partial charge in [-0.05, 0) is 47.2 Å². The van der Waals surface area contributed by atoms with Gasteiger partial charge in [0.2, 0.25) is 9.84 Å². The van der Waals surface area contributed by atoms with E-state index in [0.717, 1.165) is 16.8 Å². The van der Waals surface area contributed by atoms with E-state index in [0.29, 0.717) is 16.5 Å². The second kappa shape index (κ2) is 8.00. The largest absolute Gasteiger partial charge is 0.457 e. The van der Waals surface area contributed by atoms with Crippen LogP contribution in [0.25, 0.3) is 21.7 Å². The van der Waals surface area contributed by atoms with Crippen LogP contribution in [0.3, 0.4) is 0 Å². The summed E-state index contributed by atoms with van der Waals surface area (Å²) in [5.74, 6) is -1.22. The van der Waals surface area contributed by atoms with E-state index >= 15 is 0 Å². The number of fused-ring (bicyclic) bond motifs is 5. The lowest BCUT2D eigenvalue weighted by Gasteiger charge is -2.19. The van der Waals surface area contributed by atoms with Gasteiger partial charge in [-0.15, -0.1) is 0 Å². The molecule has 6 rings (SSSR count). The molecule has 4 aromatic carbocycles. The number of esters is 1. The summed E-state index contributed by atoms with van der Waals surface area (Å²) in [4.78, 5) is 37.5. The van der Waals surface area contributed by atoms with Gasteiger partial charge in [-0.3, -0.25) is 4.79 Å². The molecule has 0 bridgehead atoms. The zero-order valence-electron chi connectivity index (χ0n) is 18.6. The van der Waals surface area contributed by atoms with Crippen LogP contribution in [0, 0.1) is 0 Å². The summed E-state index contributed by atoms with van der Waals surface area (Å²) < 4.78 is 37.1. The van der Waals surface area contributed by atoms with E-state index in [4.69, 9.17) is 9.15 Å². The molecule has 2 heterocycles. The number of carbonyl (C=O) groups is 2. The zero-order chi connectivity index (χ0) is 25.0. The van der Waals surface area contributed by atoms with Gasteiger partial charge in [0, 0.05) is 28.1 Å². The fraction of sp³-hybridized carbons (Fsp3) is 0.0357. The van der Waals surface area contributed by atoms with Gasteiger partial charge in [-0.1, -0.05) is 42.5 Å². The van der Waals surface area contributed by atoms with Crippen LogP contribution in [-0.4, -0.2) is 20.2 Å². The van der Waals surface area contributed by atoms with Crippen molar-refractivity contribution >= 4 is 43.3 Å². The molecule has 0 radical (unpaired) electrons. The second-order valence-corrected chi connectivity index (χ2v) is 10.3. The predicted octanol–water partition coefficient (Wildman–Crippen LogP) is 4.68. The van der Waals surface area contributed by atoms with Crippen LogP contribution in [0.15, 0.2) is 104 Å². The lowest BCUT2D eigenvalue weighted by molar-refractivity contribution is 0.0473. The highest BCUT2D eigenvalue weighted by Crippen LogP contribution is 2.35. The SMILES string of the molecule is O=C(OCc1cc(=O)oc2ccc3ccccc3c12)c1ccc2c(c1)S(=O)(=O)c1ccccc1C2=O. The van der Waals surface area contributed by atoms with Gasteiger partial charge in [0.1, 0.15) is 12.2 Å². The summed E-state index contributed by atoms with van der Waals surface area (Å²) >= 11 is 0. The van der Waals surface area contributed by atoms with E-state index in [-0.39, 0.29) is 33.1 Å². The first-order valence-electron chi connectivity index (χ1n) is 11.0. The van der Waals surface area contributed by atoms with Gasteiger partial charge in [-0.25, -0.2) is 18.0 Å². The van der Waals surface area contributed by atoms with Crippen molar-refractivity contribution in [3.8, 4) is 0 Å². The third kappa shape index (κ3) is 3.34. The van der Waals surface area contributed by atoms with E-state index in [1.54, 1.807) is 12.1 Å². The van der Waals surface area contributed by atoms with E-state index in [1.807, 2.05) is 30.3 Å². The number of hydrogen-bond donors (Lipinski definition) is 0. The third-order valence-electron chi connectivity index (χ3n) is 6.25. The molecule has 0 N–H and O–H groups in total. The quantitative estimate of drug-likeness (QED) is 0.199. The van der Waals surface area contributed by atoms with Gasteiger partial charge in [-0.2, -0.15) is 0 Å². The van der Waals surface area contributed by atoms with Gasteiger partial charge < -0.3 is 9.15 Å². The van der Waals surface area contributed by atoms with Crippen molar-refractivity contribution in [3.05, 3.63) is 118 Å². The Balaban J connectivity index is 1.36. The number of rotatable bonds is 3. The van der Waals surface area contributed by atoms with Crippen molar-refractivity contribution < 1.29 is 27.2 Å². The number of ether oxygens (including phenoxy) is 1. The van der Waals surface area contributed by atoms with Crippen molar-refractivity contribution in [3.63, 3.8) is 0 Å². The molecule has 1 aromatic heterocycles. The normalized spacial score (nSPS) is 13.8. The van der Waals surface area contributed by atoms with Crippen LogP contribution in [0.1, 0.15) is 31.8 Å². The Kier molecular flexibility index (Phi) is 4.87. The molecule has 0 spiro atoms. The molecular formula is C28H16O7S. The minimum absolute atomic E-state index is 0.00313. The molecular weight excluding hydrogens is 480 g/mol. The maximum absolute atomic E-state index is 13.2. The van der Waals surface area contributed by atoms with Gasteiger partial charge >= 0.3 is 11.6 Å². The summed E-state index contributed by atoms with van der Waals surface area (Å²) in [6.07, 6.45) is 0. The molecule has 0 unspecified atom stereocenters. The summed E-state index contributed by atoms with van der Waals surface area (Å²) in [6, 6.07) is 22.1. The second-order valence-electron chi connectivity index (χ2n) is 8.37. The van der Waals surface area contributed by atoms with Crippen molar-refractivity contribution in [2.75, 3.05) is 0 Å². The van der Waals surface area contributed by atoms with E-state index in [9.17, 15) is 22.8 Å². The first-order chi connectivity index (χ1) is 17.3. The molecule has 8 heteroatoms. The van der Waals surface area contributed by atoms with Crippen molar-refractivity contribution in [1.29, 1.82) is 0 Å². The number of sulfone groups is 1. The Labute approximate surface area is 204 Å². The van der Waals surface area contributed by atoms with Crippen LogP contribution >= 0.6 is 0 Å². The van der Waals surface area contributed by atoms with Gasteiger partial charge in [0.15, 0.2) is 5.78 Å². The predicted molar refractivity (Wildman–Crippen MR) is 131 cm³/mol. The molecule has 1 aliphatic rings. The molecule has 36 heavy (non-hydrogen) atoms. The highest BCUT2D eigenvalue weighted by Gasteiger charge is 2.35. The molecule has 1 aliphatic heterocycles. The first kappa shape index (κ1) is 21.9. The number of hydrogen-bond acceptors (Lipinski definition) is 7. The van der Waals surface area contributed by atoms with Crippen molar-refractivity contribution in [2.24, 2.45) is 0 Å². The first-order valence-corrected chi connectivity index (χ1v) is 12.5. The standard InChI is InChI=1S/C28H16O7S/c29-25-14-18(26-19-6-2-1-5-16(19)10-12-22(26)35-25)15-34-28(31)17-9-11-21-24(13-17)36(32,33)23-8-4-3-7-20(23)27(21)30/h1-14H,15H2. The zero-order valence-corrected chi connectivity index (χ0v) is 19.4. The monoisotopic (exact) mass is 496 g/mol. The molecule has 7 nitrogen and oxygen atoms in total. The molecule has 0 atom stereocenters. The maximum atomic E-state index is 13.2. The lowest BCUT2D eigenvalue weighted by Crippen LogP contribution is -2.21. The highest BCUT2D eigenvalue weighted by molar-refractivity contribution is 7.91. The van der Waals surface area contributed by atoms with E-state index in [2.05, 4.69) is 0 Å². The molecule has 5 aromatic rings. The van der Waals surface area contributed by atoms with Crippen LogP contribution in [0.5, 0.6) is 0 Å². The summed E-state index contributed by atoms with van der Waals surface area (Å²) in [5.41, 5.74) is 0.318. The van der Waals surface area contributed by atoms with Gasteiger partial charge in [0.25, 0.3) is 0 Å². The molecule has 0 amide bonds. The minimum Gasteiger partial charge on any atom is -0.457 e. The fourth-order valence-electron chi connectivity index (χ4n) is 4.57. The fourth-order valence-corrected chi connectivity index (χ4v) is 6.25. The number of carbonyl (C=O) groups excluding carboxylic acids is 2. The smallest absolute Gasteiger partial charge is 0.338 e. The molecule has 176 valence electrons. The third-order valence-corrected chi connectivity index (χ3v) is 8.10. The average molecular weight is 496 g/mol. The van der Waals surface area contributed by atoms with Crippen LogP contribution in [-0.2, 0) is 21.2 Å². The summed E-state index contributed by atoms with van der Waals surface area (Å²) in [6.45, 7) is -0.236. The van der Waals surface area contributed by atoms with Crippen molar-refractivity contribution in [1.82, 2.24) is 0 Å². The number of ketones is 1. The Morgan fingerprint density at radius 3 is 2.42 bits per heavy atom. The van der Waals surface area contributed by atoms with Crippen LogP contribution < -0.4 is 5.63 Å². The van der Waals surface area contributed by atoms with Gasteiger partial charge in [0.05, 0.1) is 15.4 Å². The Morgan fingerprint density at radius 1 is 0.806 bits per heavy atom. The maximum Gasteiger partial charge on any atom is 0.338 e. The van der Waals surface area contributed by atoms with Crippen molar-refractivity contribution in [2.45, 2.75) is 16.4 Å². The summed E-state index contributed by atoms with van der Waals surface area (Å²) in [7, 11) is -4.00. The molecule has 0 fully saturated rings. The molecule has 0 aliphatic carbocycles. The highest BCUT2D eigenvalue weighted by atomic mass is 32.2. The topological polar surface area (TPSA) is 108 Å². The summed E-state index contributed by atoms with van der Waals surface area (Å²) in [5, 5.41) is 2.41. The Bertz CT molecular complexity index is 1920. The average Bonchev–Trinajstić information content (AvgIpc) is 2.89. The van der Waals surface area contributed by atoms with E-state index in [1.165, 1.54) is 36.4 Å².